The molecule has 1 aromatic carbocycles. The molecule has 1 aliphatic heterocycles. The van der Waals surface area contributed by atoms with Crippen LogP contribution in [0.25, 0.3) is 5.57 Å². The predicted molar refractivity (Wildman–Crippen MR) is 84.8 cm³/mol. The molecule has 0 spiro atoms. The molecule has 24 heavy (non-hydrogen) atoms. The molecule has 132 valence electrons. The van der Waals surface area contributed by atoms with Crippen LogP contribution in [0.4, 0.5) is 0 Å². The third-order valence-electron chi connectivity index (χ3n) is 4.05. The van der Waals surface area contributed by atoms with Crippen LogP contribution in [0.1, 0.15) is 12.0 Å². The van der Waals surface area contributed by atoms with E-state index in [2.05, 4.69) is 4.74 Å². The number of hydrogen-bond acceptors (Lipinski definition) is 7. The quantitative estimate of drug-likeness (QED) is 0.421. The van der Waals surface area contributed by atoms with Crippen molar-refractivity contribution >= 4 is 11.5 Å². The Kier molecular flexibility index (Phi) is 6.47. The Morgan fingerprint density at radius 2 is 1.75 bits per heavy atom. The van der Waals surface area contributed by atoms with Crippen LogP contribution < -0.4 is 0 Å². The molecule has 7 nitrogen and oxygen atoms in total. The number of rotatable bonds is 5. The second-order valence-corrected chi connectivity index (χ2v) is 5.63. The number of carbonyl (C=O) groups excluding carboxylic acids is 1. The normalized spacial score (nSPS) is 30.9. The Balaban J connectivity index is 2.25. The van der Waals surface area contributed by atoms with Crippen molar-refractivity contribution in [2.45, 2.75) is 36.9 Å². The highest BCUT2D eigenvalue weighted by atomic mass is 16.5. The Morgan fingerprint density at radius 3 is 2.33 bits per heavy atom. The number of aliphatic hydroxyl groups excluding tert-OH is 4. The Morgan fingerprint density at radius 1 is 1.12 bits per heavy atom. The summed E-state index contributed by atoms with van der Waals surface area (Å²) in [5.41, 5.74) is 1.28. The summed E-state index contributed by atoms with van der Waals surface area (Å²) in [6.45, 7) is -0.497. The smallest absolute Gasteiger partial charge is 0.330 e. The Labute approximate surface area is 139 Å². The number of ether oxygens (including phenoxy) is 2. The first-order valence-electron chi connectivity index (χ1n) is 7.62. The van der Waals surface area contributed by atoms with Crippen molar-refractivity contribution in [3.05, 3.63) is 42.0 Å². The molecule has 1 saturated heterocycles. The lowest BCUT2D eigenvalue weighted by molar-refractivity contribution is -0.227. The van der Waals surface area contributed by atoms with Gasteiger partial charge in [0, 0.05) is 12.5 Å². The van der Waals surface area contributed by atoms with Crippen LogP contribution in [0, 0.1) is 0 Å². The van der Waals surface area contributed by atoms with Gasteiger partial charge in [-0.05, 0) is 11.1 Å². The fourth-order valence-electron chi connectivity index (χ4n) is 2.68. The van der Waals surface area contributed by atoms with Crippen LogP contribution >= 0.6 is 0 Å². The van der Waals surface area contributed by atoms with Gasteiger partial charge in [-0.3, -0.25) is 0 Å². The van der Waals surface area contributed by atoms with E-state index < -0.39 is 43.1 Å². The molecule has 0 saturated carbocycles. The standard InChI is InChI=1S/C17H22O7/c1-23-14(19)8-11(10-5-3-2-4-6-10)7-12-15(20)17(22)16(21)13(9-18)24-12/h2-6,8,12-13,15-18,20-22H,7,9H2,1H3/b11-8+/t12-,13?,15?,16-,17+/m0/s1. The second kappa shape index (κ2) is 8.36. The molecule has 0 aliphatic carbocycles. The summed E-state index contributed by atoms with van der Waals surface area (Å²) in [6.07, 6.45) is -4.70. The first-order valence-corrected chi connectivity index (χ1v) is 7.62. The Hall–Kier alpha value is -1.77. The highest BCUT2D eigenvalue weighted by molar-refractivity contribution is 5.91. The van der Waals surface area contributed by atoms with Gasteiger partial charge in [0.05, 0.1) is 19.8 Å². The topological polar surface area (TPSA) is 116 Å². The van der Waals surface area contributed by atoms with Gasteiger partial charge in [0.1, 0.15) is 24.4 Å². The summed E-state index contributed by atoms with van der Waals surface area (Å²) in [4.78, 5) is 11.6. The first kappa shape index (κ1) is 18.6. The van der Waals surface area contributed by atoms with Gasteiger partial charge in [-0.2, -0.15) is 0 Å². The molecule has 0 bridgehead atoms. The van der Waals surface area contributed by atoms with E-state index in [1.807, 2.05) is 6.07 Å². The molecule has 2 rings (SSSR count). The molecule has 0 aromatic heterocycles. The number of methoxy groups -OCH3 is 1. The van der Waals surface area contributed by atoms with Crippen LogP contribution in [-0.4, -0.2) is 70.6 Å². The van der Waals surface area contributed by atoms with Gasteiger partial charge < -0.3 is 29.9 Å². The molecule has 2 unspecified atom stereocenters. The minimum Gasteiger partial charge on any atom is -0.466 e. The van der Waals surface area contributed by atoms with E-state index in [0.717, 1.165) is 5.56 Å². The van der Waals surface area contributed by atoms with Crippen LogP contribution in [0.5, 0.6) is 0 Å². The van der Waals surface area contributed by atoms with Gasteiger partial charge >= 0.3 is 5.97 Å². The van der Waals surface area contributed by atoms with Crippen molar-refractivity contribution in [1.29, 1.82) is 0 Å². The third-order valence-corrected chi connectivity index (χ3v) is 4.05. The fraction of sp³-hybridized carbons (Fsp3) is 0.471. The average Bonchev–Trinajstić information content (AvgIpc) is 2.61. The van der Waals surface area contributed by atoms with Crippen molar-refractivity contribution in [2.75, 3.05) is 13.7 Å². The van der Waals surface area contributed by atoms with E-state index in [-0.39, 0.29) is 6.42 Å². The molecule has 7 heteroatoms. The molecular formula is C17H22O7. The van der Waals surface area contributed by atoms with Crippen LogP contribution in [0.2, 0.25) is 0 Å². The number of esters is 1. The maximum atomic E-state index is 11.6. The maximum absolute atomic E-state index is 11.6. The lowest BCUT2D eigenvalue weighted by atomic mass is 9.89. The van der Waals surface area contributed by atoms with Crippen LogP contribution in [-0.2, 0) is 14.3 Å². The summed E-state index contributed by atoms with van der Waals surface area (Å²) in [6, 6.07) is 9.01. The minimum atomic E-state index is -1.45. The van der Waals surface area contributed by atoms with E-state index >= 15 is 0 Å². The van der Waals surface area contributed by atoms with Crippen molar-refractivity contribution in [3.8, 4) is 0 Å². The summed E-state index contributed by atoms with van der Waals surface area (Å²) in [7, 11) is 1.26. The first-order chi connectivity index (χ1) is 11.5. The third kappa shape index (κ3) is 4.19. The summed E-state index contributed by atoms with van der Waals surface area (Å²) >= 11 is 0. The second-order valence-electron chi connectivity index (χ2n) is 5.63. The molecule has 4 N–H and O–H groups in total. The molecule has 0 radical (unpaired) electrons. The van der Waals surface area contributed by atoms with Crippen molar-refractivity contribution < 1.29 is 34.7 Å². The van der Waals surface area contributed by atoms with E-state index in [1.165, 1.54) is 13.2 Å². The van der Waals surface area contributed by atoms with E-state index in [9.17, 15) is 25.2 Å². The molecule has 1 aliphatic rings. The lowest BCUT2D eigenvalue weighted by Crippen LogP contribution is -2.58. The zero-order chi connectivity index (χ0) is 17.7. The Bertz CT molecular complexity index is 570. The molecular weight excluding hydrogens is 316 g/mol. The zero-order valence-electron chi connectivity index (χ0n) is 13.3. The largest absolute Gasteiger partial charge is 0.466 e. The van der Waals surface area contributed by atoms with Gasteiger partial charge in [-0.1, -0.05) is 30.3 Å². The molecule has 1 fully saturated rings. The highest BCUT2D eigenvalue weighted by Gasteiger charge is 2.43. The summed E-state index contributed by atoms with van der Waals surface area (Å²) in [5, 5.41) is 39.1. The van der Waals surface area contributed by atoms with Crippen molar-refractivity contribution in [2.24, 2.45) is 0 Å². The van der Waals surface area contributed by atoms with Gasteiger partial charge in [0.2, 0.25) is 0 Å². The molecule has 1 aromatic rings. The van der Waals surface area contributed by atoms with Gasteiger partial charge in [0.25, 0.3) is 0 Å². The van der Waals surface area contributed by atoms with E-state index in [4.69, 9.17) is 4.74 Å². The van der Waals surface area contributed by atoms with Crippen molar-refractivity contribution in [1.82, 2.24) is 0 Å². The minimum absolute atomic E-state index is 0.0978. The van der Waals surface area contributed by atoms with E-state index in [1.54, 1.807) is 24.3 Å². The number of benzene rings is 1. The molecule has 5 atom stereocenters. The number of hydrogen-bond donors (Lipinski definition) is 4. The monoisotopic (exact) mass is 338 g/mol. The van der Waals surface area contributed by atoms with Crippen LogP contribution in [0.3, 0.4) is 0 Å². The van der Waals surface area contributed by atoms with Crippen LogP contribution in [0.15, 0.2) is 36.4 Å². The average molecular weight is 338 g/mol. The highest BCUT2D eigenvalue weighted by Crippen LogP contribution is 2.29. The number of carbonyl (C=O) groups is 1. The van der Waals surface area contributed by atoms with Crippen molar-refractivity contribution in [3.63, 3.8) is 0 Å². The van der Waals surface area contributed by atoms with Gasteiger partial charge in [0.15, 0.2) is 0 Å². The summed E-state index contributed by atoms with van der Waals surface area (Å²) < 4.78 is 10.1. The fourth-order valence-corrected chi connectivity index (χ4v) is 2.68. The van der Waals surface area contributed by atoms with E-state index in [0.29, 0.717) is 5.57 Å². The molecule has 1 heterocycles. The number of aliphatic hydroxyl groups is 4. The zero-order valence-corrected chi connectivity index (χ0v) is 13.3. The predicted octanol–water partition coefficient (Wildman–Crippen LogP) is -0.525. The summed E-state index contributed by atoms with van der Waals surface area (Å²) in [5.74, 6) is -0.557. The lowest BCUT2D eigenvalue weighted by Gasteiger charge is -2.40. The maximum Gasteiger partial charge on any atom is 0.330 e. The van der Waals surface area contributed by atoms with Gasteiger partial charge in [-0.25, -0.2) is 4.79 Å². The SMILES string of the molecule is COC(=O)/C=C(\C[C@@H]1OC(CO)[C@H](O)[C@H](O)C1O)c1ccccc1. The molecule has 0 amide bonds. The van der Waals surface area contributed by atoms with Gasteiger partial charge in [-0.15, -0.1) is 0 Å².